The zero-order valence-corrected chi connectivity index (χ0v) is 16.8. The van der Waals surface area contributed by atoms with Gasteiger partial charge in [0.05, 0.1) is 21.7 Å². The molecule has 0 unspecified atom stereocenters. The Kier molecular flexibility index (Phi) is 5.52. The summed E-state index contributed by atoms with van der Waals surface area (Å²) >= 11 is 0. The number of ether oxygens (including phenoxy) is 1. The summed E-state index contributed by atoms with van der Waals surface area (Å²) in [5.74, 6) is 0.584. The molecule has 0 amide bonds. The number of pyridine rings is 1. The summed E-state index contributed by atoms with van der Waals surface area (Å²) in [6.45, 7) is 4.85. The number of aryl methyl sites for hydroxylation is 2. The Labute approximate surface area is 164 Å². The molecule has 28 heavy (non-hydrogen) atoms. The molecular weight excluding hydrogens is 374 g/mol. The quantitative estimate of drug-likeness (QED) is 0.641. The third kappa shape index (κ3) is 4.24. The van der Waals surface area contributed by atoms with Gasteiger partial charge in [0, 0.05) is 24.4 Å². The highest BCUT2D eigenvalue weighted by Gasteiger charge is 2.11. The first kappa shape index (κ1) is 19.6. The molecule has 0 fully saturated rings. The van der Waals surface area contributed by atoms with Crippen LogP contribution < -0.4 is 10.1 Å². The van der Waals surface area contributed by atoms with Crippen molar-refractivity contribution in [1.29, 1.82) is 5.26 Å². The molecule has 0 saturated heterocycles. The molecule has 0 aliphatic heterocycles. The molecule has 0 bridgehead atoms. The van der Waals surface area contributed by atoms with Gasteiger partial charge < -0.3 is 10.1 Å². The number of hydrogen-bond donors (Lipinski definition) is 1. The van der Waals surface area contributed by atoms with Crippen molar-refractivity contribution < 1.29 is 13.2 Å². The van der Waals surface area contributed by atoms with E-state index in [1.807, 2.05) is 19.9 Å². The normalized spacial score (nSPS) is 11.2. The molecule has 0 aliphatic carbocycles. The van der Waals surface area contributed by atoms with Gasteiger partial charge in [0.2, 0.25) is 0 Å². The predicted octanol–water partition coefficient (Wildman–Crippen LogP) is 3.62. The molecule has 0 spiro atoms. The number of nitriles is 1. The lowest BCUT2D eigenvalue weighted by Crippen LogP contribution is -2.13. The molecule has 3 rings (SSSR count). The zero-order chi connectivity index (χ0) is 20.3. The fraction of sp³-hybridized carbons (Fsp3) is 0.238. The number of nitrogens with zero attached hydrogens (tertiary/aromatic N) is 2. The van der Waals surface area contributed by atoms with E-state index < -0.39 is 9.84 Å². The van der Waals surface area contributed by atoms with E-state index in [4.69, 9.17) is 4.74 Å². The fourth-order valence-corrected chi connectivity index (χ4v) is 3.69. The number of anilines is 1. The molecule has 1 heterocycles. The van der Waals surface area contributed by atoms with Crippen molar-refractivity contribution in [2.45, 2.75) is 18.7 Å². The van der Waals surface area contributed by atoms with E-state index in [0.717, 1.165) is 27.7 Å². The van der Waals surface area contributed by atoms with Gasteiger partial charge in [-0.25, -0.2) is 8.42 Å². The smallest absolute Gasteiger partial charge is 0.175 e. The Morgan fingerprint density at radius 1 is 1.18 bits per heavy atom. The predicted molar refractivity (Wildman–Crippen MR) is 109 cm³/mol. The monoisotopic (exact) mass is 395 g/mol. The topological polar surface area (TPSA) is 92.1 Å². The number of fused-ring (bicyclic) bond motifs is 1. The first-order valence-corrected chi connectivity index (χ1v) is 10.7. The van der Waals surface area contributed by atoms with Crippen LogP contribution in [0.2, 0.25) is 0 Å². The highest BCUT2D eigenvalue weighted by Crippen LogP contribution is 2.28. The van der Waals surface area contributed by atoms with Gasteiger partial charge >= 0.3 is 0 Å². The molecule has 144 valence electrons. The van der Waals surface area contributed by atoms with Gasteiger partial charge in [-0.3, -0.25) is 4.98 Å². The summed E-state index contributed by atoms with van der Waals surface area (Å²) in [5.41, 5.74) is 4.26. The average Bonchev–Trinajstić information content (AvgIpc) is 2.64. The Hall–Kier alpha value is -3.11. The lowest BCUT2D eigenvalue weighted by molar-refractivity contribution is 0.332. The summed E-state index contributed by atoms with van der Waals surface area (Å²) in [7, 11) is -3.22. The SMILES string of the molecule is Cc1cc(C)c2ncc(C#N)c(NCCOc3ccc(S(C)(=O)=O)cc3)c2c1. The number of aromatic nitrogens is 1. The van der Waals surface area contributed by atoms with E-state index in [2.05, 4.69) is 22.4 Å². The van der Waals surface area contributed by atoms with Crippen LogP contribution in [0.25, 0.3) is 10.9 Å². The maximum Gasteiger partial charge on any atom is 0.175 e. The van der Waals surface area contributed by atoms with Gasteiger partial charge in [-0.2, -0.15) is 5.26 Å². The Balaban J connectivity index is 1.73. The number of sulfone groups is 1. The number of benzene rings is 2. The van der Waals surface area contributed by atoms with Crippen LogP contribution >= 0.6 is 0 Å². The number of nitrogens with one attached hydrogen (secondary N) is 1. The van der Waals surface area contributed by atoms with Crippen LogP contribution in [-0.4, -0.2) is 32.8 Å². The first-order valence-electron chi connectivity index (χ1n) is 8.76. The fourth-order valence-electron chi connectivity index (χ4n) is 3.06. The second-order valence-corrected chi connectivity index (χ2v) is 8.67. The van der Waals surface area contributed by atoms with Crippen LogP contribution in [0.15, 0.2) is 47.5 Å². The number of hydrogen-bond acceptors (Lipinski definition) is 6. The highest BCUT2D eigenvalue weighted by atomic mass is 32.2. The summed E-state index contributed by atoms with van der Waals surface area (Å²) in [6.07, 6.45) is 2.75. The Morgan fingerprint density at radius 2 is 1.89 bits per heavy atom. The van der Waals surface area contributed by atoms with Crippen molar-refractivity contribution in [2.24, 2.45) is 0 Å². The van der Waals surface area contributed by atoms with Crippen LogP contribution in [0.5, 0.6) is 5.75 Å². The second kappa shape index (κ2) is 7.87. The third-order valence-corrected chi connectivity index (χ3v) is 5.48. The molecule has 3 aromatic rings. The van der Waals surface area contributed by atoms with Crippen LogP contribution in [0.1, 0.15) is 16.7 Å². The van der Waals surface area contributed by atoms with Gasteiger partial charge in [0.15, 0.2) is 9.84 Å². The molecule has 1 aromatic heterocycles. The molecule has 7 heteroatoms. The maximum absolute atomic E-state index is 11.5. The van der Waals surface area contributed by atoms with Gasteiger partial charge in [0.25, 0.3) is 0 Å². The van der Waals surface area contributed by atoms with E-state index >= 15 is 0 Å². The van der Waals surface area contributed by atoms with Crippen molar-refractivity contribution >= 4 is 26.4 Å². The molecule has 0 saturated carbocycles. The molecule has 2 aromatic carbocycles. The van der Waals surface area contributed by atoms with Crippen molar-refractivity contribution in [3.05, 3.63) is 59.3 Å². The van der Waals surface area contributed by atoms with Crippen molar-refractivity contribution in [3.8, 4) is 11.8 Å². The lowest BCUT2D eigenvalue weighted by Gasteiger charge is -2.14. The molecular formula is C21H21N3O3S. The summed E-state index contributed by atoms with van der Waals surface area (Å²) in [4.78, 5) is 4.67. The standard InChI is InChI=1S/C21H21N3O3S/c1-14-10-15(2)20-19(11-14)21(16(12-22)13-24-20)23-8-9-27-17-4-6-18(7-5-17)28(3,25)26/h4-7,10-11,13H,8-9H2,1-3H3,(H,23,24). The Bertz CT molecular complexity index is 1160. The minimum absolute atomic E-state index is 0.255. The summed E-state index contributed by atoms with van der Waals surface area (Å²) in [6, 6.07) is 12.6. The van der Waals surface area contributed by atoms with Gasteiger partial charge in [-0.15, -0.1) is 0 Å². The molecule has 6 nitrogen and oxygen atoms in total. The molecule has 0 aliphatic rings. The van der Waals surface area contributed by atoms with Crippen molar-refractivity contribution in [2.75, 3.05) is 24.7 Å². The first-order chi connectivity index (χ1) is 13.3. The van der Waals surface area contributed by atoms with Gasteiger partial charge in [-0.1, -0.05) is 11.6 Å². The largest absolute Gasteiger partial charge is 0.492 e. The Morgan fingerprint density at radius 3 is 2.54 bits per heavy atom. The summed E-state index contributed by atoms with van der Waals surface area (Å²) < 4.78 is 28.7. The van der Waals surface area contributed by atoms with E-state index in [9.17, 15) is 13.7 Å². The van der Waals surface area contributed by atoms with Crippen LogP contribution in [0.4, 0.5) is 5.69 Å². The zero-order valence-electron chi connectivity index (χ0n) is 16.0. The lowest BCUT2D eigenvalue weighted by atomic mass is 10.0. The minimum atomic E-state index is -3.22. The van der Waals surface area contributed by atoms with E-state index in [1.54, 1.807) is 18.3 Å². The van der Waals surface area contributed by atoms with Crippen LogP contribution in [-0.2, 0) is 9.84 Å². The maximum atomic E-state index is 11.5. The molecule has 0 atom stereocenters. The molecule has 0 radical (unpaired) electrons. The summed E-state index contributed by atoms with van der Waals surface area (Å²) in [5, 5.41) is 13.6. The van der Waals surface area contributed by atoms with Crippen LogP contribution in [0, 0.1) is 25.2 Å². The minimum Gasteiger partial charge on any atom is -0.492 e. The van der Waals surface area contributed by atoms with Crippen molar-refractivity contribution in [3.63, 3.8) is 0 Å². The van der Waals surface area contributed by atoms with Gasteiger partial charge in [0.1, 0.15) is 18.4 Å². The third-order valence-electron chi connectivity index (χ3n) is 4.35. The number of rotatable bonds is 6. The van der Waals surface area contributed by atoms with Crippen molar-refractivity contribution in [1.82, 2.24) is 4.98 Å². The highest BCUT2D eigenvalue weighted by molar-refractivity contribution is 7.90. The van der Waals surface area contributed by atoms with E-state index in [-0.39, 0.29) is 4.90 Å². The average molecular weight is 395 g/mol. The molecule has 1 N–H and O–H groups in total. The van der Waals surface area contributed by atoms with Gasteiger partial charge in [-0.05, 0) is 49.7 Å². The van der Waals surface area contributed by atoms with Crippen LogP contribution in [0.3, 0.4) is 0 Å². The second-order valence-electron chi connectivity index (χ2n) is 6.66. The van der Waals surface area contributed by atoms with E-state index in [0.29, 0.717) is 24.5 Å². The van der Waals surface area contributed by atoms with E-state index in [1.165, 1.54) is 18.4 Å².